The van der Waals surface area contributed by atoms with Gasteiger partial charge in [-0.3, -0.25) is 9.59 Å². The summed E-state index contributed by atoms with van der Waals surface area (Å²) >= 11 is 0. The second-order valence-corrected chi connectivity index (χ2v) is 5.18. The van der Waals surface area contributed by atoms with Gasteiger partial charge in [-0.05, 0) is 20.3 Å². The van der Waals surface area contributed by atoms with Crippen LogP contribution in [0.5, 0.6) is 0 Å². The topological polar surface area (TPSA) is 96.5 Å². The number of aliphatic carboxylic acids is 1. The van der Waals surface area contributed by atoms with E-state index in [-0.39, 0.29) is 31.3 Å². The van der Waals surface area contributed by atoms with Crippen molar-refractivity contribution in [2.75, 3.05) is 6.54 Å². The third kappa shape index (κ3) is 5.93. The molecule has 1 heterocycles. The number of rotatable bonds is 9. The fourth-order valence-corrected chi connectivity index (χ4v) is 1.96. The van der Waals surface area contributed by atoms with E-state index in [4.69, 9.17) is 9.63 Å². The molecule has 1 aromatic rings. The van der Waals surface area contributed by atoms with Crippen LogP contribution in [0, 0.1) is 0 Å². The zero-order valence-electron chi connectivity index (χ0n) is 12.8. The molecule has 0 aliphatic carbocycles. The number of aryl methyl sites for hydroxylation is 2. The van der Waals surface area contributed by atoms with Crippen LogP contribution in [-0.4, -0.2) is 44.6 Å². The Kier molecular flexibility index (Phi) is 6.84. The lowest BCUT2D eigenvalue weighted by Crippen LogP contribution is -2.38. The highest BCUT2D eigenvalue weighted by Gasteiger charge is 2.18. The highest BCUT2D eigenvalue weighted by molar-refractivity contribution is 5.77. The van der Waals surface area contributed by atoms with Crippen LogP contribution in [0.15, 0.2) is 4.52 Å². The number of amides is 1. The summed E-state index contributed by atoms with van der Waals surface area (Å²) in [5, 5.41) is 12.6. The first-order chi connectivity index (χ1) is 9.93. The van der Waals surface area contributed by atoms with Gasteiger partial charge in [-0.15, -0.1) is 0 Å². The number of aromatic nitrogens is 2. The molecule has 0 radical (unpaired) electrons. The molecule has 0 aliphatic rings. The maximum atomic E-state index is 12.1. The fourth-order valence-electron chi connectivity index (χ4n) is 1.96. The monoisotopic (exact) mass is 297 g/mol. The average Bonchev–Trinajstić information content (AvgIpc) is 2.84. The Bertz CT molecular complexity index is 471. The van der Waals surface area contributed by atoms with E-state index in [1.54, 1.807) is 4.90 Å². The van der Waals surface area contributed by atoms with Crippen LogP contribution in [0.1, 0.15) is 51.7 Å². The molecule has 0 spiro atoms. The first kappa shape index (κ1) is 17.1. The molecule has 1 aromatic heterocycles. The van der Waals surface area contributed by atoms with Gasteiger partial charge in [0.1, 0.15) is 0 Å². The van der Waals surface area contributed by atoms with Crippen LogP contribution < -0.4 is 0 Å². The minimum absolute atomic E-state index is 0.0322. The first-order valence-electron chi connectivity index (χ1n) is 7.26. The summed E-state index contributed by atoms with van der Waals surface area (Å²) in [6.45, 7) is 5.98. The van der Waals surface area contributed by atoms with Gasteiger partial charge in [-0.1, -0.05) is 12.1 Å². The van der Waals surface area contributed by atoms with E-state index in [1.807, 2.05) is 20.8 Å². The van der Waals surface area contributed by atoms with Gasteiger partial charge >= 0.3 is 5.97 Å². The SMILES string of the molecule is CCCc1noc(CCC(=O)N(CCC(=O)O)C(C)C)n1. The average molecular weight is 297 g/mol. The minimum Gasteiger partial charge on any atom is -0.481 e. The van der Waals surface area contributed by atoms with Gasteiger partial charge in [-0.2, -0.15) is 4.98 Å². The Balaban J connectivity index is 2.50. The Labute approximate surface area is 124 Å². The van der Waals surface area contributed by atoms with E-state index in [2.05, 4.69) is 10.1 Å². The Hall–Kier alpha value is -1.92. The normalized spacial score (nSPS) is 10.9. The number of nitrogens with zero attached hydrogens (tertiary/aromatic N) is 3. The summed E-state index contributed by atoms with van der Waals surface area (Å²) in [6.07, 6.45) is 2.27. The third-order valence-electron chi connectivity index (χ3n) is 3.05. The maximum Gasteiger partial charge on any atom is 0.305 e. The smallest absolute Gasteiger partial charge is 0.305 e. The standard InChI is InChI=1S/C14H23N3O4/c1-4-5-11-15-12(21-16-11)6-7-13(18)17(10(2)3)9-8-14(19)20/h10H,4-9H2,1-3H3,(H,19,20). The van der Waals surface area contributed by atoms with Crippen molar-refractivity contribution in [3.05, 3.63) is 11.7 Å². The Morgan fingerprint density at radius 1 is 1.29 bits per heavy atom. The Morgan fingerprint density at radius 3 is 2.57 bits per heavy atom. The molecule has 0 saturated heterocycles. The lowest BCUT2D eigenvalue weighted by Gasteiger charge is -2.26. The van der Waals surface area contributed by atoms with Gasteiger partial charge in [0.05, 0.1) is 6.42 Å². The van der Waals surface area contributed by atoms with Crippen LogP contribution in [0.3, 0.4) is 0 Å². The number of carbonyl (C=O) groups excluding carboxylic acids is 1. The van der Waals surface area contributed by atoms with Gasteiger partial charge in [0.25, 0.3) is 0 Å². The van der Waals surface area contributed by atoms with Crippen LogP contribution in [-0.2, 0) is 22.4 Å². The summed E-state index contributed by atoms with van der Waals surface area (Å²) < 4.78 is 5.08. The van der Waals surface area contributed by atoms with E-state index < -0.39 is 5.97 Å². The number of hydrogen-bond acceptors (Lipinski definition) is 5. The van der Waals surface area contributed by atoms with Crippen LogP contribution >= 0.6 is 0 Å². The fraction of sp³-hybridized carbons (Fsp3) is 0.714. The van der Waals surface area contributed by atoms with Crippen molar-refractivity contribution in [3.63, 3.8) is 0 Å². The molecule has 0 aromatic carbocycles. The van der Waals surface area contributed by atoms with E-state index >= 15 is 0 Å². The first-order valence-corrected chi connectivity index (χ1v) is 7.26. The van der Waals surface area contributed by atoms with Crippen LogP contribution in [0.2, 0.25) is 0 Å². The van der Waals surface area contributed by atoms with Crippen molar-refractivity contribution in [2.45, 2.75) is 58.9 Å². The lowest BCUT2D eigenvalue weighted by molar-refractivity contribution is -0.139. The Morgan fingerprint density at radius 2 is 2.00 bits per heavy atom. The molecular formula is C14H23N3O4. The number of carboxylic acid groups (broad SMARTS) is 1. The summed E-state index contributed by atoms with van der Waals surface area (Å²) in [6, 6.07) is -0.0322. The largest absolute Gasteiger partial charge is 0.481 e. The second kappa shape index (κ2) is 8.39. The summed E-state index contributed by atoms with van der Waals surface area (Å²) in [4.78, 5) is 28.5. The molecule has 0 bridgehead atoms. The van der Waals surface area contributed by atoms with Crippen LogP contribution in [0.4, 0.5) is 0 Å². The summed E-state index contributed by atoms with van der Waals surface area (Å²) in [5.74, 6) is 0.108. The van der Waals surface area contributed by atoms with Crippen molar-refractivity contribution in [1.29, 1.82) is 0 Å². The van der Waals surface area contributed by atoms with E-state index in [9.17, 15) is 9.59 Å². The third-order valence-corrected chi connectivity index (χ3v) is 3.05. The number of carboxylic acids is 1. The molecule has 0 saturated carbocycles. The van der Waals surface area contributed by atoms with Crippen LogP contribution in [0.25, 0.3) is 0 Å². The molecule has 0 unspecified atom stereocenters. The predicted octanol–water partition coefficient (Wildman–Crippen LogP) is 1.67. The molecule has 7 nitrogen and oxygen atoms in total. The molecular weight excluding hydrogens is 274 g/mol. The number of hydrogen-bond donors (Lipinski definition) is 1. The van der Waals surface area contributed by atoms with E-state index in [0.717, 1.165) is 12.8 Å². The quantitative estimate of drug-likeness (QED) is 0.744. The van der Waals surface area contributed by atoms with Crippen molar-refractivity contribution in [3.8, 4) is 0 Å². The minimum atomic E-state index is -0.908. The molecule has 21 heavy (non-hydrogen) atoms. The highest BCUT2D eigenvalue weighted by Crippen LogP contribution is 2.08. The molecule has 1 rings (SSSR count). The molecule has 0 atom stereocenters. The molecule has 1 amide bonds. The summed E-state index contributed by atoms with van der Waals surface area (Å²) in [7, 11) is 0. The van der Waals surface area contributed by atoms with E-state index in [0.29, 0.717) is 18.1 Å². The number of carbonyl (C=O) groups is 2. The molecule has 0 aliphatic heterocycles. The molecule has 118 valence electrons. The zero-order valence-corrected chi connectivity index (χ0v) is 12.8. The molecule has 7 heteroatoms. The van der Waals surface area contributed by atoms with Gasteiger partial charge in [-0.25, -0.2) is 0 Å². The molecule has 1 N–H and O–H groups in total. The van der Waals surface area contributed by atoms with E-state index in [1.165, 1.54) is 0 Å². The predicted molar refractivity (Wildman–Crippen MR) is 75.7 cm³/mol. The van der Waals surface area contributed by atoms with Crippen molar-refractivity contribution >= 4 is 11.9 Å². The zero-order chi connectivity index (χ0) is 15.8. The summed E-state index contributed by atoms with van der Waals surface area (Å²) in [5.41, 5.74) is 0. The van der Waals surface area contributed by atoms with Crippen molar-refractivity contribution in [1.82, 2.24) is 15.0 Å². The lowest BCUT2D eigenvalue weighted by atomic mass is 10.2. The maximum absolute atomic E-state index is 12.1. The van der Waals surface area contributed by atoms with Gasteiger partial charge in [0.15, 0.2) is 5.82 Å². The van der Waals surface area contributed by atoms with Gasteiger partial charge < -0.3 is 14.5 Å². The molecule has 0 fully saturated rings. The highest BCUT2D eigenvalue weighted by atomic mass is 16.5. The van der Waals surface area contributed by atoms with Crippen molar-refractivity contribution in [2.24, 2.45) is 0 Å². The van der Waals surface area contributed by atoms with Gasteiger partial charge in [0.2, 0.25) is 11.8 Å². The van der Waals surface area contributed by atoms with Crippen molar-refractivity contribution < 1.29 is 19.2 Å². The second-order valence-electron chi connectivity index (χ2n) is 5.18. The van der Waals surface area contributed by atoms with Gasteiger partial charge in [0, 0.05) is 31.8 Å².